The first-order valence-electron chi connectivity index (χ1n) is 4.45. The molecule has 5 nitrogen and oxygen atoms in total. The number of nitrogens with zero attached hydrogens (tertiary/aromatic N) is 3. The van der Waals surface area contributed by atoms with Crippen molar-refractivity contribution in [2.45, 2.75) is 0 Å². The zero-order valence-electron chi connectivity index (χ0n) is 8.69. The molecule has 7 heteroatoms. The molecule has 0 spiro atoms. The largest absolute Gasteiger partial charge is 0.467 e. The minimum Gasteiger partial charge on any atom is -0.467 e. The van der Waals surface area contributed by atoms with Crippen molar-refractivity contribution in [2.24, 2.45) is 0 Å². The van der Waals surface area contributed by atoms with Crippen LogP contribution in [0, 0.1) is 0 Å². The molecule has 0 aromatic carbocycles. The van der Waals surface area contributed by atoms with E-state index in [0.717, 1.165) is 4.88 Å². The van der Waals surface area contributed by atoms with E-state index in [1.54, 1.807) is 13.1 Å². The summed E-state index contributed by atoms with van der Waals surface area (Å²) in [5, 5.41) is 5.35. The van der Waals surface area contributed by atoms with Gasteiger partial charge in [0.1, 0.15) is 0 Å². The van der Waals surface area contributed by atoms with Gasteiger partial charge in [0.15, 0.2) is 5.82 Å². The first-order chi connectivity index (χ1) is 7.74. The third-order valence-electron chi connectivity index (χ3n) is 1.84. The molecule has 2 rings (SSSR count). The molecular weight excluding hydrogens is 248 g/mol. The van der Waals surface area contributed by atoms with Gasteiger partial charge in [0, 0.05) is 7.05 Å². The first-order valence-corrected chi connectivity index (χ1v) is 5.71. The molecule has 0 fully saturated rings. The van der Waals surface area contributed by atoms with E-state index in [-0.39, 0.29) is 6.01 Å². The number of nitrogens with one attached hydrogen (secondary N) is 1. The van der Waals surface area contributed by atoms with Crippen LogP contribution in [0.4, 0.5) is 5.95 Å². The molecule has 0 amide bonds. The van der Waals surface area contributed by atoms with Crippen molar-refractivity contribution in [2.75, 3.05) is 19.5 Å². The number of halogens is 1. The number of hydrogen-bond acceptors (Lipinski definition) is 6. The van der Waals surface area contributed by atoms with E-state index < -0.39 is 0 Å². The van der Waals surface area contributed by atoms with Gasteiger partial charge in [-0.25, -0.2) is 0 Å². The van der Waals surface area contributed by atoms with Crippen molar-refractivity contribution < 1.29 is 4.74 Å². The molecule has 0 aliphatic rings. The number of hydrogen-bond donors (Lipinski definition) is 1. The predicted octanol–water partition coefficient (Wildman–Crippen LogP) is 2.30. The Morgan fingerprint density at radius 1 is 1.38 bits per heavy atom. The topological polar surface area (TPSA) is 59.9 Å². The van der Waals surface area contributed by atoms with E-state index in [9.17, 15) is 0 Å². The minimum absolute atomic E-state index is 0.263. The maximum atomic E-state index is 6.01. The van der Waals surface area contributed by atoms with Crippen molar-refractivity contribution in [3.63, 3.8) is 0 Å². The summed E-state index contributed by atoms with van der Waals surface area (Å²) in [5.41, 5.74) is 0. The highest BCUT2D eigenvalue weighted by Gasteiger charge is 2.12. The van der Waals surface area contributed by atoms with Gasteiger partial charge in [-0.05, 0) is 11.4 Å². The Balaban J connectivity index is 2.52. The number of ether oxygens (including phenoxy) is 1. The van der Waals surface area contributed by atoms with Gasteiger partial charge in [-0.15, -0.1) is 11.3 Å². The fourth-order valence-corrected chi connectivity index (χ4v) is 2.19. The van der Waals surface area contributed by atoms with Crippen LogP contribution < -0.4 is 10.1 Å². The van der Waals surface area contributed by atoms with Gasteiger partial charge in [0.2, 0.25) is 5.95 Å². The molecular formula is C9H9ClN4OS. The molecule has 0 radical (unpaired) electrons. The summed E-state index contributed by atoms with van der Waals surface area (Å²) in [5.74, 6) is 0.961. The molecule has 0 aliphatic carbocycles. The Bertz CT molecular complexity index is 480. The van der Waals surface area contributed by atoms with E-state index >= 15 is 0 Å². The molecule has 2 heterocycles. The van der Waals surface area contributed by atoms with Crippen molar-refractivity contribution in [3.8, 4) is 16.7 Å². The number of methoxy groups -OCH3 is 1. The second kappa shape index (κ2) is 4.63. The van der Waals surface area contributed by atoms with Gasteiger partial charge in [-0.3, -0.25) is 0 Å². The highest BCUT2D eigenvalue weighted by atomic mass is 35.5. The molecule has 0 bridgehead atoms. The van der Waals surface area contributed by atoms with Crippen LogP contribution in [0.1, 0.15) is 0 Å². The van der Waals surface area contributed by atoms with E-state index in [2.05, 4.69) is 20.3 Å². The molecule has 0 saturated heterocycles. The molecule has 16 heavy (non-hydrogen) atoms. The van der Waals surface area contributed by atoms with E-state index in [1.807, 2.05) is 5.38 Å². The Hall–Kier alpha value is -1.40. The highest BCUT2D eigenvalue weighted by molar-refractivity contribution is 7.14. The number of anilines is 1. The van der Waals surface area contributed by atoms with Crippen LogP contribution in [0.2, 0.25) is 5.02 Å². The average molecular weight is 257 g/mol. The van der Waals surface area contributed by atoms with Crippen LogP contribution in [-0.4, -0.2) is 29.1 Å². The lowest BCUT2D eigenvalue weighted by Gasteiger charge is -2.04. The second-order valence-electron chi connectivity index (χ2n) is 2.82. The van der Waals surface area contributed by atoms with Crippen LogP contribution in [-0.2, 0) is 0 Å². The highest BCUT2D eigenvalue weighted by Crippen LogP contribution is 2.31. The summed E-state index contributed by atoms with van der Waals surface area (Å²) in [6.45, 7) is 0. The van der Waals surface area contributed by atoms with Crippen molar-refractivity contribution in [3.05, 3.63) is 16.5 Å². The van der Waals surface area contributed by atoms with Crippen LogP contribution >= 0.6 is 22.9 Å². The quantitative estimate of drug-likeness (QED) is 0.913. The Morgan fingerprint density at radius 2 is 2.19 bits per heavy atom. The number of aromatic nitrogens is 3. The van der Waals surface area contributed by atoms with Crippen LogP contribution in [0.25, 0.3) is 10.7 Å². The summed E-state index contributed by atoms with van der Waals surface area (Å²) in [6.07, 6.45) is 0. The van der Waals surface area contributed by atoms with E-state index in [0.29, 0.717) is 16.8 Å². The molecule has 0 atom stereocenters. The Morgan fingerprint density at radius 3 is 2.75 bits per heavy atom. The van der Waals surface area contributed by atoms with Gasteiger partial charge in [-0.1, -0.05) is 11.6 Å². The van der Waals surface area contributed by atoms with Gasteiger partial charge in [-0.2, -0.15) is 15.0 Å². The monoisotopic (exact) mass is 256 g/mol. The Kier molecular flexibility index (Phi) is 3.21. The summed E-state index contributed by atoms with van der Waals surface area (Å²) in [4.78, 5) is 13.2. The fourth-order valence-electron chi connectivity index (χ4n) is 1.11. The number of rotatable bonds is 3. The lowest BCUT2D eigenvalue weighted by Crippen LogP contribution is -2.02. The molecule has 2 aromatic rings. The normalized spacial score (nSPS) is 10.2. The minimum atomic E-state index is 0.263. The summed E-state index contributed by atoms with van der Waals surface area (Å²) in [7, 11) is 3.24. The standard InChI is InChI=1S/C9H9ClN4OS/c1-11-8-12-7(13-9(14-8)15-2)6-5(10)3-4-16-6/h3-4H,1-2H3,(H,11,12,13,14). The van der Waals surface area contributed by atoms with Gasteiger partial charge < -0.3 is 10.1 Å². The lowest BCUT2D eigenvalue weighted by molar-refractivity contribution is 0.379. The van der Waals surface area contributed by atoms with Gasteiger partial charge in [0.25, 0.3) is 0 Å². The third-order valence-corrected chi connectivity index (χ3v) is 3.18. The summed E-state index contributed by atoms with van der Waals surface area (Å²) in [6, 6.07) is 2.07. The van der Waals surface area contributed by atoms with Gasteiger partial charge >= 0.3 is 6.01 Å². The average Bonchev–Trinajstić information content (AvgIpc) is 2.74. The van der Waals surface area contributed by atoms with Crippen molar-refractivity contribution >= 4 is 28.9 Å². The van der Waals surface area contributed by atoms with Crippen molar-refractivity contribution in [1.82, 2.24) is 15.0 Å². The second-order valence-corrected chi connectivity index (χ2v) is 4.14. The van der Waals surface area contributed by atoms with Gasteiger partial charge in [0.05, 0.1) is 17.0 Å². The number of thiophene rings is 1. The van der Waals surface area contributed by atoms with Crippen molar-refractivity contribution in [1.29, 1.82) is 0 Å². The van der Waals surface area contributed by atoms with Crippen LogP contribution in [0.3, 0.4) is 0 Å². The zero-order chi connectivity index (χ0) is 11.5. The molecule has 1 N–H and O–H groups in total. The zero-order valence-corrected chi connectivity index (χ0v) is 10.3. The smallest absolute Gasteiger partial charge is 0.321 e. The first kappa shape index (κ1) is 11.1. The molecule has 84 valence electrons. The van der Waals surface area contributed by atoms with Crippen LogP contribution in [0.15, 0.2) is 11.4 Å². The molecule has 2 aromatic heterocycles. The summed E-state index contributed by atoms with van der Waals surface area (Å²) < 4.78 is 4.99. The van der Waals surface area contributed by atoms with E-state index in [4.69, 9.17) is 16.3 Å². The maximum absolute atomic E-state index is 6.01. The third kappa shape index (κ3) is 2.07. The molecule has 0 saturated carbocycles. The fraction of sp³-hybridized carbons (Fsp3) is 0.222. The maximum Gasteiger partial charge on any atom is 0.321 e. The molecule has 0 aliphatic heterocycles. The summed E-state index contributed by atoms with van der Waals surface area (Å²) >= 11 is 7.49. The molecule has 0 unspecified atom stereocenters. The lowest BCUT2D eigenvalue weighted by atomic mass is 10.4. The van der Waals surface area contributed by atoms with E-state index in [1.165, 1.54) is 18.4 Å². The Labute approximate surface area is 101 Å². The SMILES string of the molecule is CNc1nc(OC)nc(-c2sccc2Cl)n1. The predicted molar refractivity (Wildman–Crippen MR) is 64.2 cm³/mol. The van der Waals surface area contributed by atoms with Crippen LogP contribution in [0.5, 0.6) is 6.01 Å².